The van der Waals surface area contributed by atoms with Gasteiger partial charge in [-0.05, 0) is 49.9 Å². The third kappa shape index (κ3) is 5.42. The fourth-order valence-electron chi connectivity index (χ4n) is 4.04. The molecule has 4 rings (SSSR count). The predicted octanol–water partition coefficient (Wildman–Crippen LogP) is 1.76. The van der Waals surface area contributed by atoms with Gasteiger partial charge >= 0.3 is 6.01 Å². The van der Waals surface area contributed by atoms with E-state index in [1.165, 1.54) is 18.4 Å². The Balaban J connectivity index is 1.51. The Morgan fingerprint density at radius 1 is 1.13 bits per heavy atom. The number of hydrogen-bond donors (Lipinski definition) is 3. The summed E-state index contributed by atoms with van der Waals surface area (Å²) in [7, 11) is 0. The molecule has 0 spiro atoms. The Kier molecular flexibility index (Phi) is 6.83. The van der Waals surface area contributed by atoms with E-state index in [0.717, 1.165) is 25.2 Å². The number of aliphatic hydroxyl groups excluding tert-OH is 1. The van der Waals surface area contributed by atoms with Crippen LogP contribution in [-0.4, -0.2) is 58.7 Å². The Morgan fingerprint density at radius 3 is 2.68 bits per heavy atom. The molecule has 2 aliphatic rings. The highest BCUT2D eigenvalue weighted by Crippen LogP contribution is 2.34. The van der Waals surface area contributed by atoms with E-state index in [-0.39, 0.29) is 30.9 Å². The average molecular weight is 427 g/mol. The number of nitrogens with zero attached hydrogens (tertiary/aromatic N) is 4. The molecule has 0 saturated carbocycles. The van der Waals surface area contributed by atoms with Gasteiger partial charge in [0.2, 0.25) is 5.91 Å². The zero-order valence-electron chi connectivity index (χ0n) is 17.7. The van der Waals surface area contributed by atoms with E-state index in [4.69, 9.17) is 15.6 Å². The number of anilines is 3. The number of hydrogen-bond acceptors (Lipinski definition) is 8. The zero-order chi connectivity index (χ0) is 21.6. The van der Waals surface area contributed by atoms with E-state index in [1.807, 2.05) is 4.90 Å². The first kappa shape index (κ1) is 21.3. The monoisotopic (exact) mass is 426 g/mol. The summed E-state index contributed by atoms with van der Waals surface area (Å²) in [5.74, 6) is 0.602. The van der Waals surface area contributed by atoms with Crippen molar-refractivity contribution in [2.24, 2.45) is 0 Å². The highest BCUT2D eigenvalue weighted by molar-refractivity contribution is 6.03. The van der Waals surface area contributed by atoms with Crippen LogP contribution in [-0.2, 0) is 17.9 Å². The Bertz CT molecular complexity index is 916. The SMILES string of the molecule is Nc1nc(OCCCCO)nc2c1NC(=O)CN2Cc1cccc(CN2CCCC2)c1. The lowest BCUT2D eigenvalue weighted by atomic mass is 10.1. The number of rotatable bonds is 9. The summed E-state index contributed by atoms with van der Waals surface area (Å²) >= 11 is 0. The number of unbranched alkanes of at least 4 members (excludes halogenated alkanes) is 1. The van der Waals surface area contributed by atoms with Crippen LogP contribution in [0, 0.1) is 0 Å². The molecule has 2 aromatic rings. The van der Waals surface area contributed by atoms with E-state index in [9.17, 15) is 4.79 Å². The van der Waals surface area contributed by atoms with Crippen molar-refractivity contribution < 1.29 is 14.6 Å². The molecule has 1 fully saturated rings. The van der Waals surface area contributed by atoms with Gasteiger partial charge < -0.3 is 25.8 Å². The number of nitrogens with two attached hydrogens (primary N) is 1. The number of nitrogen functional groups attached to an aromatic ring is 1. The average Bonchev–Trinajstić information content (AvgIpc) is 3.25. The van der Waals surface area contributed by atoms with E-state index in [0.29, 0.717) is 37.5 Å². The fraction of sp³-hybridized carbons (Fsp3) is 0.500. The minimum atomic E-state index is -0.146. The van der Waals surface area contributed by atoms with Crippen LogP contribution < -0.4 is 20.7 Å². The molecule has 1 amide bonds. The number of fused-ring (bicyclic) bond motifs is 1. The molecule has 9 nitrogen and oxygen atoms in total. The van der Waals surface area contributed by atoms with Gasteiger partial charge in [-0.3, -0.25) is 9.69 Å². The van der Waals surface area contributed by atoms with Gasteiger partial charge in [-0.2, -0.15) is 9.97 Å². The van der Waals surface area contributed by atoms with Crippen LogP contribution in [0.4, 0.5) is 17.3 Å². The summed E-state index contributed by atoms with van der Waals surface area (Å²) < 4.78 is 5.62. The second-order valence-electron chi connectivity index (χ2n) is 8.08. The van der Waals surface area contributed by atoms with Gasteiger partial charge in [-0.1, -0.05) is 24.3 Å². The van der Waals surface area contributed by atoms with Crippen LogP contribution in [0.1, 0.15) is 36.8 Å². The number of carbonyl (C=O) groups excluding carboxylic acids is 1. The standard InChI is InChI=1S/C22H30N6O3/c23-20-19-21(26-22(25-20)31-11-4-3-10-29)28(15-18(30)24-19)14-17-7-5-6-16(12-17)13-27-8-1-2-9-27/h5-7,12,29H,1-4,8-11,13-15H2,(H,24,30)(H2,23,25,26). The van der Waals surface area contributed by atoms with Crippen LogP contribution in [0.5, 0.6) is 6.01 Å². The van der Waals surface area contributed by atoms with E-state index >= 15 is 0 Å². The quantitative estimate of drug-likeness (QED) is 0.520. The third-order valence-electron chi connectivity index (χ3n) is 5.55. The van der Waals surface area contributed by atoms with Crippen LogP contribution in [0.3, 0.4) is 0 Å². The summed E-state index contributed by atoms with van der Waals surface area (Å²) in [6.07, 6.45) is 3.88. The predicted molar refractivity (Wildman–Crippen MR) is 119 cm³/mol. The van der Waals surface area contributed by atoms with Crippen LogP contribution in [0.2, 0.25) is 0 Å². The summed E-state index contributed by atoms with van der Waals surface area (Å²) in [6, 6.07) is 8.66. The minimum absolute atomic E-state index is 0.118. The van der Waals surface area contributed by atoms with Crippen LogP contribution >= 0.6 is 0 Å². The van der Waals surface area contributed by atoms with E-state index < -0.39 is 0 Å². The highest BCUT2D eigenvalue weighted by Gasteiger charge is 2.27. The molecule has 4 N–H and O–H groups in total. The number of likely N-dealkylation sites (tertiary alicyclic amines) is 1. The second-order valence-corrected chi connectivity index (χ2v) is 8.08. The first-order valence-electron chi connectivity index (χ1n) is 10.9. The summed E-state index contributed by atoms with van der Waals surface area (Å²) in [4.78, 5) is 25.3. The fourth-order valence-corrected chi connectivity index (χ4v) is 4.04. The number of carbonyl (C=O) groups is 1. The third-order valence-corrected chi connectivity index (χ3v) is 5.55. The highest BCUT2D eigenvalue weighted by atomic mass is 16.5. The van der Waals surface area contributed by atoms with Crippen molar-refractivity contribution in [3.63, 3.8) is 0 Å². The molecule has 1 saturated heterocycles. The Labute approximate surface area is 182 Å². The Hall–Kier alpha value is -2.91. The summed E-state index contributed by atoms with van der Waals surface area (Å²) in [5.41, 5.74) is 8.90. The number of aliphatic hydroxyl groups is 1. The molecule has 2 aliphatic heterocycles. The maximum absolute atomic E-state index is 12.3. The maximum Gasteiger partial charge on any atom is 0.320 e. The van der Waals surface area contributed by atoms with Gasteiger partial charge in [-0.15, -0.1) is 0 Å². The molecular formula is C22H30N6O3. The molecule has 9 heteroatoms. The molecule has 0 radical (unpaired) electrons. The number of nitrogens with one attached hydrogen (secondary N) is 1. The molecule has 0 bridgehead atoms. The van der Waals surface area contributed by atoms with E-state index in [2.05, 4.69) is 44.5 Å². The smallest absolute Gasteiger partial charge is 0.320 e. The van der Waals surface area contributed by atoms with Crippen LogP contribution in [0.25, 0.3) is 0 Å². The maximum atomic E-state index is 12.3. The lowest BCUT2D eigenvalue weighted by Crippen LogP contribution is -2.39. The molecule has 1 aromatic carbocycles. The molecule has 166 valence electrons. The van der Waals surface area contributed by atoms with Crippen molar-refractivity contribution >= 4 is 23.2 Å². The Morgan fingerprint density at radius 2 is 1.90 bits per heavy atom. The van der Waals surface area contributed by atoms with Gasteiger partial charge in [0, 0.05) is 19.7 Å². The minimum Gasteiger partial charge on any atom is -0.463 e. The van der Waals surface area contributed by atoms with Crippen molar-refractivity contribution in [1.29, 1.82) is 0 Å². The van der Waals surface area contributed by atoms with Crippen LogP contribution in [0.15, 0.2) is 24.3 Å². The van der Waals surface area contributed by atoms with Gasteiger partial charge in [0.25, 0.3) is 0 Å². The van der Waals surface area contributed by atoms with Gasteiger partial charge in [-0.25, -0.2) is 0 Å². The van der Waals surface area contributed by atoms with Crippen molar-refractivity contribution in [1.82, 2.24) is 14.9 Å². The molecule has 0 aliphatic carbocycles. The first-order chi connectivity index (χ1) is 15.1. The van der Waals surface area contributed by atoms with Gasteiger partial charge in [0.05, 0.1) is 13.2 Å². The largest absolute Gasteiger partial charge is 0.463 e. The van der Waals surface area contributed by atoms with Gasteiger partial charge in [0.15, 0.2) is 11.6 Å². The second kappa shape index (κ2) is 9.93. The normalized spacial score (nSPS) is 16.3. The summed E-state index contributed by atoms with van der Waals surface area (Å²) in [6.45, 7) is 4.49. The zero-order valence-corrected chi connectivity index (χ0v) is 17.7. The first-order valence-corrected chi connectivity index (χ1v) is 10.9. The lowest BCUT2D eigenvalue weighted by Gasteiger charge is -2.30. The molecule has 3 heterocycles. The van der Waals surface area contributed by atoms with Crippen molar-refractivity contribution in [3.05, 3.63) is 35.4 Å². The number of ether oxygens (including phenoxy) is 1. The molecular weight excluding hydrogens is 396 g/mol. The van der Waals surface area contributed by atoms with E-state index in [1.54, 1.807) is 0 Å². The van der Waals surface area contributed by atoms with Crippen molar-refractivity contribution in [2.75, 3.05) is 48.8 Å². The molecule has 31 heavy (non-hydrogen) atoms. The molecule has 0 unspecified atom stereocenters. The number of benzene rings is 1. The van der Waals surface area contributed by atoms with Crippen molar-refractivity contribution in [3.8, 4) is 6.01 Å². The van der Waals surface area contributed by atoms with Crippen molar-refractivity contribution in [2.45, 2.75) is 38.8 Å². The summed E-state index contributed by atoms with van der Waals surface area (Å²) in [5, 5.41) is 11.7. The van der Waals surface area contributed by atoms with Gasteiger partial charge in [0.1, 0.15) is 5.69 Å². The number of amides is 1. The molecule has 1 aromatic heterocycles. The topological polar surface area (TPSA) is 117 Å². The number of aromatic nitrogens is 2. The lowest BCUT2D eigenvalue weighted by molar-refractivity contribution is -0.115. The molecule has 0 atom stereocenters.